The summed E-state index contributed by atoms with van der Waals surface area (Å²) in [5.41, 5.74) is 1.78. The van der Waals surface area contributed by atoms with Crippen molar-refractivity contribution in [1.82, 2.24) is 10.6 Å². The van der Waals surface area contributed by atoms with Gasteiger partial charge in [0.1, 0.15) is 6.10 Å². The second-order valence-corrected chi connectivity index (χ2v) is 7.59. The standard InChI is InChI=1S/C19H18N2O3S2/c22-17(14-4-2-1-3-5-14)16-7-6-15(26-16)11-21-19(24)18(23)20-10-13-8-9-25-12-13/h1-9,12,17,22H,10-11H2,(H,20,23)(H,21,24). The molecule has 1 atom stereocenters. The zero-order chi connectivity index (χ0) is 18.4. The molecule has 1 unspecified atom stereocenters. The van der Waals surface area contributed by atoms with E-state index in [0.29, 0.717) is 6.54 Å². The summed E-state index contributed by atoms with van der Waals surface area (Å²) in [6.07, 6.45) is -0.695. The maximum atomic E-state index is 11.9. The molecule has 0 aliphatic rings. The summed E-state index contributed by atoms with van der Waals surface area (Å²) in [6.45, 7) is 0.582. The Bertz CT molecular complexity index is 860. The second-order valence-electron chi connectivity index (χ2n) is 5.61. The molecule has 0 aliphatic heterocycles. The number of hydrogen-bond acceptors (Lipinski definition) is 5. The number of benzene rings is 1. The van der Waals surface area contributed by atoms with Crippen molar-refractivity contribution < 1.29 is 14.7 Å². The lowest BCUT2D eigenvalue weighted by Gasteiger charge is -2.08. The molecule has 3 aromatic rings. The molecule has 0 saturated heterocycles. The van der Waals surface area contributed by atoms with Gasteiger partial charge >= 0.3 is 11.8 Å². The lowest BCUT2D eigenvalue weighted by molar-refractivity contribution is -0.139. The average molecular weight is 386 g/mol. The van der Waals surface area contributed by atoms with Crippen molar-refractivity contribution in [3.8, 4) is 0 Å². The molecule has 134 valence electrons. The highest BCUT2D eigenvalue weighted by atomic mass is 32.1. The minimum absolute atomic E-state index is 0.247. The Morgan fingerprint density at radius 2 is 1.69 bits per heavy atom. The molecule has 7 heteroatoms. The molecule has 2 heterocycles. The maximum Gasteiger partial charge on any atom is 0.309 e. The zero-order valence-corrected chi connectivity index (χ0v) is 15.5. The third-order valence-electron chi connectivity index (χ3n) is 3.73. The van der Waals surface area contributed by atoms with Crippen LogP contribution < -0.4 is 10.6 Å². The molecule has 0 saturated carbocycles. The van der Waals surface area contributed by atoms with Crippen molar-refractivity contribution in [2.75, 3.05) is 0 Å². The normalized spacial score (nSPS) is 11.7. The van der Waals surface area contributed by atoms with Crippen LogP contribution in [0, 0.1) is 0 Å². The molecule has 0 spiro atoms. The smallest absolute Gasteiger partial charge is 0.309 e. The molecule has 1 aromatic carbocycles. The highest BCUT2D eigenvalue weighted by Crippen LogP contribution is 2.28. The maximum absolute atomic E-state index is 11.9. The van der Waals surface area contributed by atoms with Crippen LogP contribution in [-0.4, -0.2) is 16.9 Å². The van der Waals surface area contributed by atoms with Gasteiger partial charge < -0.3 is 15.7 Å². The minimum atomic E-state index is -0.695. The fraction of sp³-hybridized carbons (Fsp3) is 0.158. The van der Waals surface area contributed by atoms with E-state index < -0.39 is 17.9 Å². The van der Waals surface area contributed by atoms with Crippen LogP contribution in [0.5, 0.6) is 0 Å². The quantitative estimate of drug-likeness (QED) is 0.570. The van der Waals surface area contributed by atoms with Crippen molar-refractivity contribution in [1.29, 1.82) is 0 Å². The molecule has 5 nitrogen and oxygen atoms in total. The predicted octanol–water partition coefficient (Wildman–Crippen LogP) is 2.82. The van der Waals surface area contributed by atoms with Crippen molar-refractivity contribution in [2.45, 2.75) is 19.2 Å². The van der Waals surface area contributed by atoms with E-state index in [2.05, 4.69) is 10.6 Å². The molecule has 3 N–H and O–H groups in total. The van der Waals surface area contributed by atoms with Gasteiger partial charge in [-0.1, -0.05) is 30.3 Å². The summed E-state index contributed by atoms with van der Waals surface area (Å²) >= 11 is 2.95. The summed E-state index contributed by atoms with van der Waals surface area (Å²) in [6, 6.07) is 15.0. The Balaban J connectivity index is 1.49. The first-order valence-electron chi connectivity index (χ1n) is 8.02. The van der Waals surface area contributed by atoms with Gasteiger partial charge in [-0.2, -0.15) is 11.3 Å². The number of amides is 2. The van der Waals surface area contributed by atoms with Gasteiger partial charge in [-0.05, 0) is 40.1 Å². The lowest BCUT2D eigenvalue weighted by Crippen LogP contribution is -2.39. The number of rotatable bonds is 6. The van der Waals surface area contributed by atoms with Crippen molar-refractivity contribution in [3.63, 3.8) is 0 Å². The molecule has 2 aromatic heterocycles. The molecule has 3 rings (SSSR count). The summed E-state index contributed by atoms with van der Waals surface area (Å²) in [5.74, 6) is -1.32. The van der Waals surface area contributed by atoms with E-state index in [-0.39, 0.29) is 6.54 Å². The molecule has 26 heavy (non-hydrogen) atoms. The predicted molar refractivity (Wildman–Crippen MR) is 103 cm³/mol. The second kappa shape index (κ2) is 8.75. The first-order chi connectivity index (χ1) is 12.6. The van der Waals surface area contributed by atoms with Crippen LogP contribution in [0.15, 0.2) is 59.3 Å². The van der Waals surface area contributed by atoms with Crippen LogP contribution in [-0.2, 0) is 22.7 Å². The van der Waals surface area contributed by atoms with Crippen LogP contribution >= 0.6 is 22.7 Å². The van der Waals surface area contributed by atoms with Gasteiger partial charge in [0.05, 0.1) is 6.54 Å². The van der Waals surface area contributed by atoms with E-state index in [0.717, 1.165) is 20.9 Å². The molecule has 0 aliphatic carbocycles. The van der Waals surface area contributed by atoms with Gasteiger partial charge in [-0.3, -0.25) is 9.59 Å². The largest absolute Gasteiger partial charge is 0.383 e. The highest BCUT2D eigenvalue weighted by molar-refractivity contribution is 7.12. The van der Waals surface area contributed by atoms with Crippen LogP contribution in [0.2, 0.25) is 0 Å². The molecule has 0 fully saturated rings. The highest BCUT2D eigenvalue weighted by Gasteiger charge is 2.15. The van der Waals surface area contributed by atoms with E-state index >= 15 is 0 Å². The van der Waals surface area contributed by atoms with E-state index in [1.54, 1.807) is 0 Å². The Morgan fingerprint density at radius 3 is 2.38 bits per heavy atom. The van der Waals surface area contributed by atoms with Crippen LogP contribution in [0.3, 0.4) is 0 Å². The number of thiophene rings is 2. The zero-order valence-electron chi connectivity index (χ0n) is 13.8. The fourth-order valence-electron chi connectivity index (χ4n) is 2.34. The van der Waals surface area contributed by atoms with Crippen LogP contribution in [0.4, 0.5) is 0 Å². The Kier molecular flexibility index (Phi) is 6.17. The fourth-order valence-corrected chi connectivity index (χ4v) is 3.98. The van der Waals surface area contributed by atoms with Gasteiger partial charge in [0.2, 0.25) is 0 Å². The minimum Gasteiger partial charge on any atom is -0.383 e. The Labute approximate surface area is 159 Å². The third kappa shape index (κ3) is 4.78. The number of aliphatic hydroxyl groups is 1. The average Bonchev–Trinajstić information content (AvgIpc) is 3.36. The summed E-state index contributed by atoms with van der Waals surface area (Å²) in [7, 11) is 0. The number of carbonyl (C=O) groups excluding carboxylic acids is 2. The summed E-state index contributed by atoms with van der Waals surface area (Å²) in [4.78, 5) is 25.3. The molecular formula is C19H18N2O3S2. The summed E-state index contributed by atoms with van der Waals surface area (Å²) in [5, 5.41) is 19.4. The molecule has 0 radical (unpaired) electrons. The molecule has 0 bridgehead atoms. The van der Waals surface area contributed by atoms with Gasteiger partial charge in [-0.15, -0.1) is 11.3 Å². The van der Waals surface area contributed by atoms with Crippen molar-refractivity contribution in [2.24, 2.45) is 0 Å². The third-order valence-corrected chi connectivity index (χ3v) is 5.60. The molecule has 2 amide bonds. The number of nitrogens with one attached hydrogen (secondary N) is 2. The number of hydrogen-bond donors (Lipinski definition) is 3. The van der Waals surface area contributed by atoms with Gasteiger partial charge in [0, 0.05) is 16.3 Å². The van der Waals surface area contributed by atoms with Crippen molar-refractivity contribution >= 4 is 34.5 Å². The summed E-state index contributed by atoms with van der Waals surface area (Å²) < 4.78 is 0. The van der Waals surface area contributed by atoms with Crippen LogP contribution in [0.1, 0.15) is 27.0 Å². The lowest BCUT2D eigenvalue weighted by atomic mass is 10.1. The van der Waals surface area contributed by atoms with E-state index in [9.17, 15) is 14.7 Å². The Hall–Kier alpha value is -2.48. The van der Waals surface area contributed by atoms with E-state index in [4.69, 9.17) is 0 Å². The van der Waals surface area contributed by atoms with Gasteiger partial charge in [-0.25, -0.2) is 0 Å². The van der Waals surface area contributed by atoms with Crippen LogP contribution in [0.25, 0.3) is 0 Å². The Morgan fingerprint density at radius 1 is 0.962 bits per heavy atom. The topological polar surface area (TPSA) is 78.4 Å². The van der Waals surface area contributed by atoms with Crippen molar-refractivity contribution in [3.05, 3.63) is 80.2 Å². The monoisotopic (exact) mass is 386 g/mol. The van der Waals surface area contributed by atoms with E-state index in [1.165, 1.54) is 22.7 Å². The number of carbonyl (C=O) groups is 2. The first kappa shape index (κ1) is 18.3. The van der Waals surface area contributed by atoms with Gasteiger partial charge in [0.25, 0.3) is 0 Å². The molecular weight excluding hydrogens is 368 g/mol. The first-order valence-corrected chi connectivity index (χ1v) is 9.78. The van der Waals surface area contributed by atoms with Gasteiger partial charge in [0.15, 0.2) is 0 Å². The SMILES string of the molecule is O=C(NCc1ccsc1)C(=O)NCc1ccc(C(O)c2ccccc2)s1. The van der Waals surface area contributed by atoms with E-state index in [1.807, 2.05) is 59.3 Å². The number of aliphatic hydroxyl groups excluding tert-OH is 1.